The van der Waals surface area contributed by atoms with Crippen LogP contribution < -0.4 is 4.90 Å². The zero-order chi connectivity index (χ0) is 12.8. The number of hydrogen-bond donors (Lipinski definition) is 1. The average Bonchev–Trinajstić information content (AvgIpc) is 2.29. The molecule has 0 unspecified atom stereocenters. The minimum Gasteiger partial charge on any atom is -0.389 e. The lowest BCUT2D eigenvalue weighted by Gasteiger charge is -2.28. The van der Waals surface area contributed by atoms with Gasteiger partial charge in [0.15, 0.2) is 0 Å². The second-order valence-corrected chi connectivity index (χ2v) is 4.46. The number of nitriles is 1. The van der Waals surface area contributed by atoms with E-state index in [0.29, 0.717) is 12.5 Å². The van der Waals surface area contributed by atoms with Crippen molar-refractivity contribution in [3.63, 3.8) is 0 Å². The Morgan fingerprint density at radius 3 is 2.24 bits per heavy atom. The maximum absolute atomic E-state index is 9.45. The van der Waals surface area contributed by atoms with Crippen LogP contribution in [-0.2, 0) is 0 Å². The van der Waals surface area contributed by atoms with Crippen LogP contribution in [-0.4, -0.2) is 17.7 Å². The molecule has 1 N–H and O–H groups in total. The molecule has 0 radical (unpaired) electrons. The molecule has 0 aliphatic carbocycles. The van der Waals surface area contributed by atoms with Gasteiger partial charge in [0.1, 0.15) is 0 Å². The number of aliphatic hydroxyl groups excluding tert-OH is 1. The van der Waals surface area contributed by atoms with Gasteiger partial charge >= 0.3 is 0 Å². The predicted molar refractivity (Wildman–Crippen MR) is 69.8 cm³/mol. The molecule has 0 saturated heterocycles. The van der Waals surface area contributed by atoms with Crippen LogP contribution >= 0.6 is 0 Å². The zero-order valence-corrected chi connectivity index (χ0v) is 10.7. The molecular weight excluding hydrogens is 212 g/mol. The summed E-state index contributed by atoms with van der Waals surface area (Å²) in [4.78, 5) is 2.19. The molecular formula is C14H20N2O. The van der Waals surface area contributed by atoms with Crippen LogP contribution in [0.4, 0.5) is 5.69 Å². The van der Waals surface area contributed by atoms with Crippen molar-refractivity contribution in [1.29, 1.82) is 5.26 Å². The number of benzene rings is 1. The number of rotatable bonds is 5. The fourth-order valence-corrected chi connectivity index (χ4v) is 1.80. The fourth-order valence-electron chi connectivity index (χ4n) is 1.80. The van der Waals surface area contributed by atoms with Gasteiger partial charge in [-0.15, -0.1) is 0 Å². The maximum atomic E-state index is 9.45. The van der Waals surface area contributed by atoms with Crippen LogP contribution in [0.1, 0.15) is 38.9 Å². The van der Waals surface area contributed by atoms with Crippen molar-refractivity contribution in [2.24, 2.45) is 0 Å². The largest absolute Gasteiger partial charge is 0.389 e. The maximum Gasteiger partial charge on any atom is 0.0761 e. The predicted octanol–water partition coefficient (Wildman–Crippen LogP) is 2.87. The Bertz CT molecular complexity index is 376. The van der Waals surface area contributed by atoms with Crippen LogP contribution in [0, 0.1) is 11.3 Å². The molecule has 92 valence electrons. The lowest BCUT2D eigenvalue weighted by molar-refractivity contribution is 0.199. The van der Waals surface area contributed by atoms with Gasteiger partial charge in [-0.25, -0.2) is 0 Å². The number of nitrogens with zero attached hydrogens (tertiary/aromatic N) is 2. The second-order valence-electron chi connectivity index (χ2n) is 4.46. The van der Waals surface area contributed by atoms with Crippen LogP contribution in [0.25, 0.3) is 0 Å². The van der Waals surface area contributed by atoms with E-state index < -0.39 is 6.10 Å². The van der Waals surface area contributed by atoms with Crippen molar-refractivity contribution >= 4 is 5.69 Å². The summed E-state index contributed by atoms with van der Waals surface area (Å²) in [5, 5.41) is 18.1. The van der Waals surface area contributed by atoms with Gasteiger partial charge in [-0.05, 0) is 38.5 Å². The van der Waals surface area contributed by atoms with Crippen LogP contribution in [0.15, 0.2) is 24.3 Å². The smallest absolute Gasteiger partial charge is 0.0761 e. The van der Waals surface area contributed by atoms with Crippen molar-refractivity contribution < 1.29 is 5.11 Å². The first-order valence-corrected chi connectivity index (χ1v) is 5.98. The summed E-state index contributed by atoms with van der Waals surface area (Å²) in [5.41, 5.74) is 2.01. The SMILES string of the molecule is CC(C)N(CCC#N)c1ccc([C@@H](C)O)cc1. The van der Waals surface area contributed by atoms with E-state index in [-0.39, 0.29) is 0 Å². The molecule has 0 aromatic heterocycles. The summed E-state index contributed by atoms with van der Waals surface area (Å²) in [6.07, 6.45) is 0.0896. The monoisotopic (exact) mass is 232 g/mol. The van der Waals surface area contributed by atoms with E-state index >= 15 is 0 Å². The Balaban J connectivity index is 2.84. The Kier molecular flexibility index (Phi) is 4.99. The Morgan fingerprint density at radius 2 is 1.82 bits per heavy atom. The summed E-state index contributed by atoms with van der Waals surface area (Å²) in [5.74, 6) is 0. The first-order chi connectivity index (χ1) is 8.06. The molecule has 0 aliphatic heterocycles. The third-order valence-corrected chi connectivity index (χ3v) is 2.79. The van der Waals surface area contributed by atoms with E-state index in [1.165, 1.54) is 0 Å². The lowest BCUT2D eigenvalue weighted by Crippen LogP contribution is -2.31. The quantitative estimate of drug-likeness (QED) is 0.849. The Labute approximate surface area is 103 Å². The lowest BCUT2D eigenvalue weighted by atomic mass is 10.1. The molecule has 0 amide bonds. The van der Waals surface area contributed by atoms with E-state index in [0.717, 1.165) is 17.8 Å². The molecule has 0 heterocycles. The van der Waals surface area contributed by atoms with Crippen LogP contribution in [0.5, 0.6) is 0 Å². The Morgan fingerprint density at radius 1 is 1.24 bits per heavy atom. The van der Waals surface area contributed by atoms with E-state index in [2.05, 4.69) is 24.8 Å². The van der Waals surface area contributed by atoms with Crippen molar-refractivity contribution in [2.45, 2.75) is 39.3 Å². The van der Waals surface area contributed by atoms with Crippen molar-refractivity contribution in [1.82, 2.24) is 0 Å². The third kappa shape index (κ3) is 3.76. The molecule has 0 saturated carbocycles. The number of anilines is 1. The van der Waals surface area contributed by atoms with Crippen molar-refractivity contribution in [3.8, 4) is 6.07 Å². The highest BCUT2D eigenvalue weighted by Crippen LogP contribution is 2.21. The fraction of sp³-hybridized carbons (Fsp3) is 0.500. The minimum atomic E-state index is -0.435. The van der Waals surface area contributed by atoms with Gasteiger partial charge in [0, 0.05) is 18.3 Å². The van der Waals surface area contributed by atoms with Gasteiger partial charge in [0.25, 0.3) is 0 Å². The highest BCUT2D eigenvalue weighted by molar-refractivity contribution is 5.48. The van der Waals surface area contributed by atoms with Crippen molar-refractivity contribution in [2.75, 3.05) is 11.4 Å². The normalized spacial score (nSPS) is 12.2. The zero-order valence-electron chi connectivity index (χ0n) is 10.7. The second kappa shape index (κ2) is 6.27. The summed E-state index contributed by atoms with van der Waals surface area (Å²) in [7, 11) is 0. The summed E-state index contributed by atoms with van der Waals surface area (Å²) in [6, 6.07) is 10.4. The molecule has 3 heteroatoms. The van der Waals surface area contributed by atoms with Gasteiger partial charge in [0.05, 0.1) is 18.6 Å². The third-order valence-electron chi connectivity index (χ3n) is 2.79. The van der Waals surface area contributed by atoms with E-state index in [9.17, 15) is 5.11 Å². The van der Waals surface area contributed by atoms with Crippen LogP contribution in [0.2, 0.25) is 0 Å². The standard InChI is InChI=1S/C14H20N2O/c1-11(2)16(10-4-9-15)14-7-5-13(6-8-14)12(3)17/h5-8,11-12,17H,4,10H2,1-3H3/t12-/m1/s1. The molecule has 17 heavy (non-hydrogen) atoms. The molecule has 0 bridgehead atoms. The molecule has 1 atom stereocenters. The minimum absolute atomic E-state index is 0.362. The molecule has 0 fully saturated rings. The van der Waals surface area contributed by atoms with Crippen LogP contribution in [0.3, 0.4) is 0 Å². The first kappa shape index (κ1) is 13.5. The first-order valence-electron chi connectivity index (χ1n) is 5.98. The molecule has 3 nitrogen and oxygen atoms in total. The molecule has 0 aliphatic rings. The molecule has 1 rings (SSSR count). The van der Waals surface area contributed by atoms with Crippen molar-refractivity contribution in [3.05, 3.63) is 29.8 Å². The van der Waals surface area contributed by atoms with E-state index in [1.54, 1.807) is 6.92 Å². The Hall–Kier alpha value is -1.53. The topological polar surface area (TPSA) is 47.3 Å². The van der Waals surface area contributed by atoms with Gasteiger partial charge in [-0.2, -0.15) is 5.26 Å². The van der Waals surface area contributed by atoms with Gasteiger partial charge < -0.3 is 10.0 Å². The average molecular weight is 232 g/mol. The summed E-state index contributed by atoms with van der Waals surface area (Å²) >= 11 is 0. The highest BCUT2D eigenvalue weighted by Gasteiger charge is 2.10. The van der Waals surface area contributed by atoms with E-state index in [1.807, 2.05) is 24.3 Å². The number of hydrogen-bond acceptors (Lipinski definition) is 3. The van der Waals surface area contributed by atoms with Gasteiger partial charge in [0.2, 0.25) is 0 Å². The van der Waals surface area contributed by atoms with E-state index in [4.69, 9.17) is 5.26 Å². The van der Waals surface area contributed by atoms with Gasteiger partial charge in [-0.3, -0.25) is 0 Å². The molecule has 1 aromatic rings. The molecule has 1 aromatic carbocycles. The number of aliphatic hydroxyl groups is 1. The summed E-state index contributed by atoms with van der Waals surface area (Å²) < 4.78 is 0. The summed E-state index contributed by atoms with van der Waals surface area (Å²) in [6.45, 7) is 6.72. The van der Waals surface area contributed by atoms with Gasteiger partial charge in [-0.1, -0.05) is 12.1 Å². The highest BCUT2D eigenvalue weighted by atomic mass is 16.3. The molecule has 0 spiro atoms.